The third kappa shape index (κ3) is 2.69. The molecular weight excluding hydrogens is 312 g/mol. The second-order valence-electron chi connectivity index (χ2n) is 5.83. The Balaban J connectivity index is 1.59. The molecule has 0 saturated carbocycles. The molecule has 1 aliphatic rings. The number of benzene rings is 1. The van der Waals surface area contributed by atoms with Crippen LogP contribution in [0.5, 0.6) is 5.75 Å². The van der Waals surface area contributed by atoms with Crippen molar-refractivity contribution in [2.75, 3.05) is 20.3 Å². The summed E-state index contributed by atoms with van der Waals surface area (Å²) in [6, 6.07) is 5.45. The molecule has 126 valence electrons. The van der Waals surface area contributed by atoms with Gasteiger partial charge in [0.1, 0.15) is 18.0 Å². The number of fused-ring (bicyclic) bond motifs is 1. The van der Waals surface area contributed by atoms with E-state index in [4.69, 9.17) is 14.0 Å². The molecule has 0 amide bonds. The van der Waals surface area contributed by atoms with Gasteiger partial charge in [-0.3, -0.25) is 4.79 Å². The topological polar surface area (TPSA) is 84.3 Å². The van der Waals surface area contributed by atoms with Crippen molar-refractivity contribution in [3.63, 3.8) is 0 Å². The molecule has 8 nitrogen and oxygen atoms in total. The van der Waals surface area contributed by atoms with Crippen LogP contribution in [0.25, 0.3) is 11.0 Å². The molecule has 4 rings (SSSR count). The minimum atomic E-state index is -0.187. The van der Waals surface area contributed by atoms with Crippen LogP contribution in [0.15, 0.2) is 33.7 Å². The van der Waals surface area contributed by atoms with Crippen LogP contribution in [0.3, 0.4) is 0 Å². The first-order valence-corrected chi connectivity index (χ1v) is 7.91. The van der Waals surface area contributed by atoms with E-state index >= 15 is 0 Å². The lowest BCUT2D eigenvalue weighted by Crippen LogP contribution is -2.20. The lowest BCUT2D eigenvalue weighted by Gasteiger charge is -2.21. The lowest BCUT2D eigenvalue weighted by molar-refractivity contribution is 0.0657. The van der Waals surface area contributed by atoms with Gasteiger partial charge in [0, 0.05) is 19.3 Å². The Morgan fingerprint density at radius 1 is 1.33 bits per heavy atom. The van der Waals surface area contributed by atoms with E-state index in [1.54, 1.807) is 25.3 Å². The van der Waals surface area contributed by atoms with Crippen LogP contribution >= 0.6 is 0 Å². The number of methoxy groups -OCH3 is 1. The smallest absolute Gasteiger partial charge is 0.290 e. The van der Waals surface area contributed by atoms with Gasteiger partial charge in [-0.05, 0) is 25.0 Å². The molecular formula is C16H18N4O4. The molecule has 0 unspecified atom stereocenters. The number of nitrogens with zero attached hydrogens (tertiary/aromatic N) is 4. The zero-order valence-electron chi connectivity index (χ0n) is 13.3. The fraction of sp³-hybridized carbons (Fsp3) is 0.438. The van der Waals surface area contributed by atoms with Gasteiger partial charge in [-0.15, -0.1) is 5.10 Å². The van der Waals surface area contributed by atoms with E-state index in [0.29, 0.717) is 28.5 Å². The normalized spacial score (nSPS) is 15.9. The summed E-state index contributed by atoms with van der Waals surface area (Å²) in [7, 11) is 1.57. The van der Waals surface area contributed by atoms with E-state index in [2.05, 4.69) is 10.3 Å². The largest absolute Gasteiger partial charge is 0.497 e. The van der Waals surface area contributed by atoms with Crippen LogP contribution < -0.4 is 10.3 Å². The highest BCUT2D eigenvalue weighted by Crippen LogP contribution is 2.21. The molecule has 0 atom stereocenters. The zero-order chi connectivity index (χ0) is 16.5. The number of hydrogen-bond donors (Lipinski definition) is 0. The summed E-state index contributed by atoms with van der Waals surface area (Å²) in [5.74, 6) is 0.647. The van der Waals surface area contributed by atoms with Gasteiger partial charge in [-0.1, -0.05) is 5.21 Å². The SMILES string of the molecule is COc1ccc2c(=O)n(Cc3cn(C4CCOCC4)nn3)oc2c1. The predicted octanol–water partition coefficient (Wildman–Crippen LogP) is 1.59. The molecule has 0 N–H and O–H groups in total. The van der Waals surface area contributed by atoms with E-state index in [9.17, 15) is 4.79 Å². The van der Waals surface area contributed by atoms with E-state index in [0.717, 1.165) is 26.1 Å². The van der Waals surface area contributed by atoms with E-state index < -0.39 is 0 Å². The summed E-state index contributed by atoms with van der Waals surface area (Å²) in [5.41, 5.74) is 0.999. The van der Waals surface area contributed by atoms with E-state index in [-0.39, 0.29) is 12.1 Å². The molecule has 0 aliphatic carbocycles. The average Bonchev–Trinajstić information content (AvgIpc) is 3.21. The first-order valence-electron chi connectivity index (χ1n) is 7.91. The average molecular weight is 330 g/mol. The summed E-state index contributed by atoms with van der Waals surface area (Å²) in [6.07, 6.45) is 3.72. The molecule has 8 heteroatoms. The summed E-state index contributed by atoms with van der Waals surface area (Å²) >= 11 is 0. The molecule has 1 aromatic carbocycles. The van der Waals surface area contributed by atoms with Gasteiger partial charge >= 0.3 is 0 Å². The van der Waals surface area contributed by atoms with Crippen molar-refractivity contribution < 1.29 is 14.0 Å². The molecule has 2 aromatic heterocycles. The molecule has 1 aliphatic heterocycles. The Hall–Kier alpha value is -2.61. The molecule has 0 radical (unpaired) electrons. The highest BCUT2D eigenvalue weighted by Gasteiger charge is 2.18. The van der Waals surface area contributed by atoms with Gasteiger partial charge in [-0.25, -0.2) is 4.68 Å². The van der Waals surface area contributed by atoms with Gasteiger partial charge in [0.05, 0.1) is 24.7 Å². The van der Waals surface area contributed by atoms with Gasteiger partial charge < -0.3 is 14.0 Å². The maximum absolute atomic E-state index is 12.4. The van der Waals surface area contributed by atoms with Crippen molar-refractivity contribution in [3.8, 4) is 5.75 Å². The number of ether oxygens (including phenoxy) is 2. The molecule has 0 bridgehead atoms. The minimum absolute atomic E-state index is 0.187. The second-order valence-corrected chi connectivity index (χ2v) is 5.83. The summed E-state index contributed by atoms with van der Waals surface area (Å²) in [4.78, 5) is 12.4. The third-order valence-corrected chi connectivity index (χ3v) is 4.28. The van der Waals surface area contributed by atoms with Crippen LogP contribution in [-0.4, -0.2) is 40.1 Å². The minimum Gasteiger partial charge on any atom is -0.497 e. The predicted molar refractivity (Wildman–Crippen MR) is 85.2 cm³/mol. The fourth-order valence-electron chi connectivity index (χ4n) is 2.94. The Labute approximate surface area is 137 Å². The number of aromatic nitrogens is 4. The quantitative estimate of drug-likeness (QED) is 0.722. The molecule has 1 fully saturated rings. The number of rotatable bonds is 4. The van der Waals surface area contributed by atoms with Gasteiger partial charge in [0.15, 0.2) is 5.58 Å². The Morgan fingerprint density at radius 2 is 2.17 bits per heavy atom. The molecule has 3 heterocycles. The van der Waals surface area contributed by atoms with Gasteiger partial charge in [0.2, 0.25) is 0 Å². The summed E-state index contributed by atoms with van der Waals surface area (Å²) in [5, 5.41) is 8.86. The Bertz CT molecular complexity index is 904. The maximum Gasteiger partial charge on any atom is 0.290 e. The van der Waals surface area contributed by atoms with E-state index in [1.807, 2.05) is 10.9 Å². The van der Waals surface area contributed by atoms with Crippen LogP contribution in [0.1, 0.15) is 24.6 Å². The van der Waals surface area contributed by atoms with Crippen LogP contribution in [-0.2, 0) is 11.3 Å². The van der Waals surface area contributed by atoms with Crippen molar-refractivity contribution in [1.82, 2.24) is 19.7 Å². The molecule has 1 saturated heterocycles. The van der Waals surface area contributed by atoms with Crippen LogP contribution in [0.2, 0.25) is 0 Å². The van der Waals surface area contributed by atoms with Crippen LogP contribution in [0.4, 0.5) is 0 Å². The Kier molecular flexibility index (Phi) is 3.81. The monoisotopic (exact) mass is 330 g/mol. The standard InChI is InChI=1S/C16H18N4O4/c1-22-13-2-3-14-15(8-13)24-20(16(14)21)10-11-9-19(18-17-11)12-4-6-23-7-5-12/h2-3,8-9,12H,4-7,10H2,1H3. The summed E-state index contributed by atoms with van der Waals surface area (Å²) in [6.45, 7) is 1.73. The van der Waals surface area contributed by atoms with Crippen LogP contribution in [0, 0.1) is 0 Å². The Morgan fingerprint density at radius 3 is 2.96 bits per heavy atom. The number of hydrogen-bond acceptors (Lipinski definition) is 6. The lowest BCUT2D eigenvalue weighted by atomic mass is 10.1. The molecule has 24 heavy (non-hydrogen) atoms. The van der Waals surface area contributed by atoms with E-state index in [1.165, 1.54) is 4.74 Å². The first-order chi connectivity index (χ1) is 11.7. The highest BCUT2D eigenvalue weighted by atomic mass is 16.5. The van der Waals surface area contributed by atoms with Gasteiger partial charge in [0.25, 0.3) is 5.56 Å². The maximum atomic E-state index is 12.4. The third-order valence-electron chi connectivity index (χ3n) is 4.28. The van der Waals surface area contributed by atoms with Crippen molar-refractivity contribution in [2.24, 2.45) is 0 Å². The fourth-order valence-corrected chi connectivity index (χ4v) is 2.94. The van der Waals surface area contributed by atoms with Crippen molar-refractivity contribution in [1.29, 1.82) is 0 Å². The van der Waals surface area contributed by atoms with Crippen molar-refractivity contribution in [3.05, 3.63) is 40.4 Å². The molecule has 3 aromatic rings. The van der Waals surface area contributed by atoms with Gasteiger partial charge in [-0.2, -0.15) is 4.74 Å². The summed E-state index contributed by atoms with van der Waals surface area (Å²) < 4.78 is 19.3. The highest BCUT2D eigenvalue weighted by molar-refractivity contribution is 5.77. The molecule has 0 spiro atoms. The van der Waals surface area contributed by atoms with Crippen molar-refractivity contribution >= 4 is 11.0 Å². The van der Waals surface area contributed by atoms with Crippen molar-refractivity contribution in [2.45, 2.75) is 25.4 Å². The second kappa shape index (κ2) is 6.12. The zero-order valence-corrected chi connectivity index (χ0v) is 13.3. The first kappa shape index (κ1) is 14.9.